The first-order valence-corrected chi connectivity index (χ1v) is 6.96. The molecule has 20 heavy (non-hydrogen) atoms. The Morgan fingerprint density at radius 3 is 2.80 bits per heavy atom. The number of hydrogen-bond acceptors (Lipinski definition) is 3. The normalized spacial score (nSPS) is 22.7. The zero-order valence-corrected chi connectivity index (χ0v) is 11.1. The predicted molar refractivity (Wildman–Crippen MR) is 72.6 cm³/mol. The van der Waals surface area contributed by atoms with Gasteiger partial charge in [-0.25, -0.2) is 4.39 Å². The number of benzene rings is 1. The first kappa shape index (κ1) is 13.1. The van der Waals surface area contributed by atoms with Crippen LogP contribution in [0.2, 0.25) is 0 Å². The van der Waals surface area contributed by atoms with E-state index in [2.05, 4.69) is 5.32 Å². The third-order valence-corrected chi connectivity index (χ3v) is 3.82. The van der Waals surface area contributed by atoms with Crippen molar-refractivity contribution in [1.29, 1.82) is 5.26 Å². The van der Waals surface area contributed by atoms with Crippen molar-refractivity contribution in [2.75, 3.05) is 11.4 Å². The van der Waals surface area contributed by atoms with Gasteiger partial charge in [0.1, 0.15) is 5.82 Å². The molecule has 0 aromatic heterocycles. The van der Waals surface area contributed by atoms with Crippen molar-refractivity contribution in [2.24, 2.45) is 0 Å². The molecule has 0 radical (unpaired) electrons. The second-order valence-electron chi connectivity index (χ2n) is 5.40. The van der Waals surface area contributed by atoms with Crippen LogP contribution in [0.1, 0.15) is 31.2 Å². The molecular weight excluding hydrogens is 257 g/mol. The summed E-state index contributed by atoms with van der Waals surface area (Å²) in [6.45, 7) is 0.532. The van der Waals surface area contributed by atoms with Gasteiger partial charge in [0.2, 0.25) is 5.91 Å². The highest BCUT2D eigenvalue weighted by molar-refractivity contribution is 5.98. The number of rotatable bonds is 3. The number of halogens is 1. The Labute approximate surface area is 117 Å². The molecule has 3 rings (SSSR count). The Morgan fingerprint density at radius 2 is 2.15 bits per heavy atom. The highest BCUT2D eigenvalue weighted by Gasteiger charge is 2.34. The molecule has 0 spiro atoms. The van der Waals surface area contributed by atoms with E-state index in [1.807, 2.05) is 6.07 Å². The maximum Gasteiger partial charge on any atom is 0.244 e. The van der Waals surface area contributed by atoms with E-state index in [0.717, 1.165) is 25.7 Å². The maximum atomic E-state index is 14.0. The van der Waals surface area contributed by atoms with E-state index >= 15 is 0 Å². The average Bonchev–Trinajstić information content (AvgIpc) is 3.25. The second-order valence-corrected chi connectivity index (χ2v) is 5.40. The number of nitriles is 1. The fraction of sp³-hybridized carbons (Fsp3) is 0.467. The van der Waals surface area contributed by atoms with Gasteiger partial charge in [-0.05, 0) is 43.9 Å². The Balaban J connectivity index is 1.81. The molecule has 1 aromatic rings. The summed E-state index contributed by atoms with van der Waals surface area (Å²) in [6, 6.07) is 6.39. The summed E-state index contributed by atoms with van der Waals surface area (Å²) in [4.78, 5) is 13.9. The van der Waals surface area contributed by atoms with E-state index in [-0.39, 0.29) is 23.2 Å². The standard InChI is InChI=1S/C15H16FN3O/c16-12-8-10(9-17)3-6-14(12)19-7-1-2-13(15(19)20)18-11-4-5-11/h3,6,8,11,13,18H,1-2,4-5,7H2. The van der Waals surface area contributed by atoms with Crippen molar-refractivity contribution < 1.29 is 9.18 Å². The van der Waals surface area contributed by atoms with Gasteiger partial charge in [0, 0.05) is 12.6 Å². The molecular formula is C15H16FN3O. The van der Waals surface area contributed by atoms with Crippen LogP contribution in [0.25, 0.3) is 0 Å². The fourth-order valence-electron chi connectivity index (χ4n) is 2.60. The zero-order chi connectivity index (χ0) is 14.1. The number of nitrogens with zero attached hydrogens (tertiary/aromatic N) is 2. The van der Waals surface area contributed by atoms with Gasteiger partial charge >= 0.3 is 0 Å². The lowest BCUT2D eigenvalue weighted by atomic mass is 10.0. The minimum Gasteiger partial charge on any atom is -0.308 e. The van der Waals surface area contributed by atoms with Gasteiger partial charge < -0.3 is 10.2 Å². The van der Waals surface area contributed by atoms with Crippen LogP contribution in [0, 0.1) is 17.1 Å². The molecule has 1 aromatic carbocycles. The molecule has 104 valence electrons. The Kier molecular flexibility index (Phi) is 3.41. The number of carbonyl (C=O) groups excluding carboxylic acids is 1. The van der Waals surface area contributed by atoms with E-state index in [9.17, 15) is 9.18 Å². The summed E-state index contributed by atoms with van der Waals surface area (Å²) < 4.78 is 14.0. The van der Waals surface area contributed by atoms with Crippen LogP contribution < -0.4 is 10.2 Å². The molecule has 1 N–H and O–H groups in total. The predicted octanol–water partition coefficient (Wildman–Crippen LogP) is 1.94. The van der Waals surface area contributed by atoms with Gasteiger partial charge in [-0.2, -0.15) is 5.26 Å². The van der Waals surface area contributed by atoms with Crippen LogP contribution in [-0.2, 0) is 4.79 Å². The van der Waals surface area contributed by atoms with Gasteiger partial charge in [-0.15, -0.1) is 0 Å². The SMILES string of the molecule is N#Cc1ccc(N2CCCC(NC3CC3)C2=O)c(F)c1. The molecule has 1 amide bonds. The molecule has 4 nitrogen and oxygen atoms in total. The quantitative estimate of drug-likeness (QED) is 0.915. The summed E-state index contributed by atoms with van der Waals surface area (Å²) in [7, 11) is 0. The van der Waals surface area contributed by atoms with Crippen molar-refractivity contribution in [3.63, 3.8) is 0 Å². The van der Waals surface area contributed by atoms with Crippen molar-refractivity contribution >= 4 is 11.6 Å². The van der Waals surface area contributed by atoms with Crippen molar-refractivity contribution in [3.8, 4) is 6.07 Å². The van der Waals surface area contributed by atoms with E-state index < -0.39 is 5.82 Å². The van der Waals surface area contributed by atoms with Crippen LogP contribution in [0.15, 0.2) is 18.2 Å². The minimum atomic E-state index is -0.510. The van der Waals surface area contributed by atoms with Crippen molar-refractivity contribution in [2.45, 2.75) is 37.8 Å². The first-order valence-electron chi connectivity index (χ1n) is 6.96. The number of hydrogen-bond donors (Lipinski definition) is 1. The van der Waals surface area contributed by atoms with Gasteiger partial charge in [0.05, 0.1) is 23.4 Å². The molecule has 1 atom stereocenters. The number of piperidine rings is 1. The van der Waals surface area contributed by atoms with Crippen LogP contribution in [0.4, 0.5) is 10.1 Å². The summed E-state index contributed by atoms with van der Waals surface area (Å²) >= 11 is 0. The Bertz CT molecular complexity index is 577. The lowest BCUT2D eigenvalue weighted by Gasteiger charge is -2.33. The smallest absolute Gasteiger partial charge is 0.244 e. The number of carbonyl (C=O) groups is 1. The largest absolute Gasteiger partial charge is 0.308 e. The molecule has 1 saturated carbocycles. The van der Waals surface area contributed by atoms with Gasteiger partial charge in [-0.1, -0.05) is 0 Å². The van der Waals surface area contributed by atoms with Crippen LogP contribution >= 0.6 is 0 Å². The molecule has 1 saturated heterocycles. The average molecular weight is 273 g/mol. The van der Waals surface area contributed by atoms with E-state index in [1.165, 1.54) is 17.0 Å². The van der Waals surface area contributed by atoms with E-state index in [0.29, 0.717) is 12.6 Å². The van der Waals surface area contributed by atoms with E-state index in [1.54, 1.807) is 6.07 Å². The third-order valence-electron chi connectivity index (χ3n) is 3.82. The topological polar surface area (TPSA) is 56.1 Å². The Hall–Kier alpha value is -1.93. The summed E-state index contributed by atoms with van der Waals surface area (Å²) in [6.07, 6.45) is 3.91. The van der Waals surface area contributed by atoms with Crippen LogP contribution in [-0.4, -0.2) is 24.5 Å². The van der Waals surface area contributed by atoms with Gasteiger partial charge in [-0.3, -0.25) is 4.79 Å². The lowest BCUT2D eigenvalue weighted by Crippen LogP contribution is -2.51. The zero-order valence-electron chi connectivity index (χ0n) is 11.1. The number of nitrogens with one attached hydrogen (secondary N) is 1. The Morgan fingerprint density at radius 1 is 1.35 bits per heavy atom. The monoisotopic (exact) mass is 273 g/mol. The maximum absolute atomic E-state index is 14.0. The third kappa shape index (κ3) is 2.52. The second kappa shape index (κ2) is 5.22. The van der Waals surface area contributed by atoms with Gasteiger partial charge in [0.25, 0.3) is 0 Å². The van der Waals surface area contributed by atoms with Gasteiger partial charge in [0.15, 0.2) is 0 Å². The molecule has 0 bridgehead atoms. The van der Waals surface area contributed by atoms with Crippen molar-refractivity contribution in [3.05, 3.63) is 29.6 Å². The summed E-state index contributed by atoms with van der Waals surface area (Å²) in [5, 5.41) is 12.1. The molecule has 1 aliphatic carbocycles. The summed E-state index contributed by atoms with van der Waals surface area (Å²) in [5.41, 5.74) is 0.541. The van der Waals surface area contributed by atoms with Crippen LogP contribution in [0.3, 0.4) is 0 Å². The van der Waals surface area contributed by atoms with Crippen molar-refractivity contribution in [1.82, 2.24) is 5.32 Å². The first-order chi connectivity index (χ1) is 9.69. The lowest BCUT2D eigenvalue weighted by molar-refractivity contribution is -0.121. The molecule has 5 heteroatoms. The number of anilines is 1. The molecule has 1 unspecified atom stereocenters. The molecule has 2 aliphatic rings. The fourth-order valence-corrected chi connectivity index (χ4v) is 2.60. The molecule has 2 fully saturated rings. The summed E-state index contributed by atoms with van der Waals surface area (Å²) in [5.74, 6) is -0.573. The highest BCUT2D eigenvalue weighted by atomic mass is 19.1. The molecule has 1 heterocycles. The highest BCUT2D eigenvalue weighted by Crippen LogP contribution is 2.27. The minimum absolute atomic E-state index is 0.0632. The van der Waals surface area contributed by atoms with E-state index in [4.69, 9.17) is 5.26 Å². The molecule has 1 aliphatic heterocycles. The number of amides is 1. The van der Waals surface area contributed by atoms with Crippen LogP contribution in [0.5, 0.6) is 0 Å².